The lowest BCUT2D eigenvalue weighted by Crippen LogP contribution is -2.48. The number of fused-ring (bicyclic) bond motifs is 2. The van der Waals surface area contributed by atoms with Crippen molar-refractivity contribution in [3.63, 3.8) is 0 Å². The van der Waals surface area contributed by atoms with Crippen LogP contribution in [0.5, 0.6) is 0 Å². The first kappa shape index (κ1) is 17.0. The maximum absolute atomic E-state index is 12.3. The van der Waals surface area contributed by atoms with E-state index in [1.807, 2.05) is 6.92 Å². The molecule has 1 amide bonds. The van der Waals surface area contributed by atoms with Gasteiger partial charge in [0.05, 0.1) is 0 Å². The Kier molecular flexibility index (Phi) is 5.59. The molecule has 1 aromatic rings. The average molecular weight is 323 g/mol. The van der Waals surface area contributed by atoms with Gasteiger partial charge in [-0.05, 0) is 37.8 Å². The summed E-state index contributed by atoms with van der Waals surface area (Å²) in [5, 5.41) is 6.71. The lowest BCUT2D eigenvalue weighted by atomic mass is 9.99. The first-order valence-corrected chi connectivity index (χ1v) is 7.86. The molecule has 22 heavy (non-hydrogen) atoms. The number of nitrogens with one attached hydrogen (secondary N) is 2. The van der Waals surface area contributed by atoms with Crippen LogP contribution < -0.4 is 10.6 Å². The van der Waals surface area contributed by atoms with Crippen molar-refractivity contribution in [3.05, 3.63) is 35.4 Å². The second-order valence-corrected chi connectivity index (χ2v) is 6.13. The molecule has 5 heteroatoms. The zero-order valence-corrected chi connectivity index (χ0v) is 13.6. The highest BCUT2D eigenvalue weighted by Gasteiger charge is 2.34. The molecular formula is C17H23ClN2O2. The van der Waals surface area contributed by atoms with E-state index in [1.54, 1.807) is 24.3 Å². The van der Waals surface area contributed by atoms with Gasteiger partial charge in [0, 0.05) is 35.7 Å². The quantitative estimate of drug-likeness (QED) is 0.838. The van der Waals surface area contributed by atoms with Crippen molar-refractivity contribution >= 4 is 24.1 Å². The molecule has 4 nitrogen and oxygen atoms in total. The van der Waals surface area contributed by atoms with E-state index < -0.39 is 0 Å². The number of amides is 1. The number of carbonyl (C=O) groups is 2. The summed E-state index contributed by atoms with van der Waals surface area (Å²) in [7, 11) is 0. The lowest BCUT2D eigenvalue weighted by molar-refractivity contribution is 0.0922. The second kappa shape index (κ2) is 7.25. The minimum atomic E-state index is -0.0307. The molecular weight excluding hydrogens is 300 g/mol. The monoisotopic (exact) mass is 322 g/mol. The number of benzene rings is 1. The summed E-state index contributed by atoms with van der Waals surface area (Å²) in [6.45, 7) is 1.84. The number of Topliss-reactive ketones (excluding diaryl/α,β-unsaturated/α-hetero) is 1. The van der Waals surface area contributed by atoms with Crippen LogP contribution >= 0.6 is 12.4 Å². The van der Waals surface area contributed by atoms with Gasteiger partial charge in [0.15, 0.2) is 5.78 Å². The van der Waals surface area contributed by atoms with Crippen molar-refractivity contribution in [1.82, 2.24) is 10.6 Å². The topological polar surface area (TPSA) is 58.2 Å². The molecule has 2 atom stereocenters. The van der Waals surface area contributed by atoms with Gasteiger partial charge in [-0.15, -0.1) is 12.4 Å². The van der Waals surface area contributed by atoms with Crippen LogP contribution in [-0.2, 0) is 0 Å². The summed E-state index contributed by atoms with van der Waals surface area (Å²) in [6.07, 6.45) is 4.99. The van der Waals surface area contributed by atoms with Gasteiger partial charge in [0.1, 0.15) is 0 Å². The van der Waals surface area contributed by atoms with Gasteiger partial charge in [-0.25, -0.2) is 0 Å². The number of rotatable bonds is 4. The third-order valence-electron chi connectivity index (χ3n) is 4.60. The first-order valence-electron chi connectivity index (χ1n) is 7.86. The number of halogens is 1. The Bertz CT molecular complexity index is 532. The summed E-state index contributed by atoms with van der Waals surface area (Å²) in [4.78, 5) is 23.9. The Labute approximate surface area is 137 Å². The lowest BCUT2D eigenvalue weighted by Gasteiger charge is -2.29. The number of hydrogen-bond donors (Lipinski definition) is 2. The third-order valence-corrected chi connectivity index (χ3v) is 4.60. The van der Waals surface area contributed by atoms with E-state index in [-0.39, 0.29) is 30.1 Å². The van der Waals surface area contributed by atoms with Crippen molar-refractivity contribution in [2.75, 3.05) is 0 Å². The summed E-state index contributed by atoms with van der Waals surface area (Å²) >= 11 is 0. The van der Waals surface area contributed by atoms with Crippen LogP contribution in [0.25, 0.3) is 0 Å². The first-order chi connectivity index (χ1) is 10.2. The Hall–Kier alpha value is -1.39. The van der Waals surface area contributed by atoms with E-state index in [4.69, 9.17) is 0 Å². The fourth-order valence-corrected chi connectivity index (χ4v) is 3.46. The van der Waals surface area contributed by atoms with Crippen LogP contribution in [0.15, 0.2) is 24.3 Å². The standard InChI is InChI=1S/C17H22N2O2.ClH/c1-2-16(20)11-3-5-12(6-4-11)17(21)19-15-9-13-7-8-14(10-15)18-13;/h3-6,13-15,18H,2,7-10H2,1H3,(H,19,21);1H. The molecule has 2 heterocycles. The Morgan fingerprint density at radius 1 is 1.09 bits per heavy atom. The van der Waals surface area contributed by atoms with Gasteiger partial charge in [-0.3, -0.25) is 9.59 Å². The molecule has 2 unspecified atom stereocenters. The van der Waals surface area contributed by atoms with Crippen LogP contribution in [0.4, 0.5) is 0 Å². The van der Waals surface area contributed by atoms with E-state index >= 15 is 0 Å². The Morgan fingerprint density at radius 2 is 1.64 bits per heavy atom. The SMILES string of the molecule is CCC(=O)c1ccc(C(=O)NC2CC3CCC(C2)N3)cc1.Cl. The maximum atomic E-state index is 12.3. The van der Waals surface area contributed by atoms with Gasteiger partial charge < -0.3 is 10.6 Å². The minimum absolute atomic E-state index is 0. The van der Waals surface area contributed by atoms with Crippen LogP contribution in [-0.4, -0.2) is 29.8 Å². The second-order valence-electron chi connectivity index (χ2n) is 6.13. The van der Waals surface area contributed by atoms with Crippen LogP contribution in [0.1, 0.15) is 59.7 Å². The molecule has 2 aliphatic heterocycles. The minimum Gasteiger partial charge on any atom is -0.349 e. The molecule has 0 aliphatic carbocycles. The van der Waals surface area contributed by atoms with Crippen LogP contribution in [0.2, 0.25) is 0 Å². The van der Waals surface area contributed by atoms with E-state index in [0.29, 0.717) is 29.6 Å². The van der Waals surface area contributed by atoms with E-state index in [2.05, 4.69) is 10.6 Å². The number of ketones is 1. The number of carbonyl (C=O) groups excluding carboxylic acids is 2. The summed E-state index contributed by atoms with van der Waals surface area (Å²) in [5.41, 5.74) is 1.31. The fraction of sp³-hybridized carbons (Fsp3) is 0.529. The summed E-state index contributed by atoms with van der Waals surface area (Å²) in [6, 6.07) is 8.38. The molecule has 2 bridgehead atoms. The highest BCUT2D eigenvalue weighted by atomic mass is 35.5. The van der Waals surface area contributed by atoms with Gasteiger partial charge in [0.2, 0.25) is 0 Å². The zero-order chi connectivity index (χ0) is 14.8. The molecule has 0 radical (unpaired) electrons. The predicted octanol–water partition coefficient (Wildman–Crippen LogP) is 2.71. The van der Waals surface area contributed by atoms with Gasteiger partial charge in [0.25, 0.3) is 5.91 Å². The van der Waals surface area contributed by atoms with E-state index in [1.165, 1.54) is 12.8 Å². The van der Waals surface area contributed by atoms with Crippen molar-refractivity contribution in [2.24, 2.45) is 0 Å². The molecule has 120 valence electrons. The third kappa shape index (κ3) is 3.68. The smallest absolute Gasteiger partial charge is 0.251 e. The van der Waals surface area contributed by atoms with Crippen LogP contribution in [0, 0.1) is 0 Å². The predicted molar refractivity (Wildman–Crippen MR) is 88.7 cm³/mol. The molecule has 2 saturated heterocycles. The molecule has 0 spiro atoms. The number of piperidine rings is 1. The Morgan fingerprint density at radius 3 is 2.18 bits per heavy atom. The van der Waals surface area contributed by atoms with Crippen molar-refractivity contribution < 1.29 is 9.59 Å². The average Bonchev–Trinajstić information content (AvgIpc) is 2.85. The van der Waals surface area contributed by atoms with Crippen molar-refractivity contribution in [1.29, 1.82) is 0 Å². The number of hydrogen-bond acceptors (Lipinski definition) is 3. The molecule has 0 saturated carbocycles. The largest absolute Gasteiger partial charge is 0.349 e. The highest BCUT2D eigenvalue weighted by molar-refractivity contribution is 5.98. The summed E-state index contributed by atoms with van der Waals surface area (Å²) < 4.78 is 0. The van der Waals surface area contributed by atoms with Crippen molar-refractivity contribution in [3.8, 4) is 0 Å². The molecule has 2 fully saturated rings. The van der Waals surface area contributed by atoms with E-state index in [9.17, 15) is 9.59 Å². The molecule has 3 rings (SSSR count). The van der Waals surface area contributed by atoms with Gasteiger partial charge >= 0.3 is 0 Å². The van der Waals surface area contributed by atoms with Gasteiger partial charge in [-0.1, -0.05) is 19.1 Å². The highest BCUT2D eigenvalue weighted by Crippen LogP contribution is 2.26. The molecule has 2 N–H and O–H groups in total. The Balaban J connectivity index is 0.00000176. The zero-order valence-electron chi connectivity index (χ0n) is 12.8. The van der Waals surface area contributed by atoms with Gasteiger partial charge in [-0.2, -0.15) is 0 Å². The van der Waals surface area contributed by atoms with Crippen LogP contribution in [0.3, 0.4) is 0 Å². The molecule has 1 aromatic carbocycles. The fourth-order valence-electron chi connectivity index (χ4n) is 3.46. The maximum Gasteiger partial charge on any atom is 0.251 e. The molecule has 0 aromatic heterocycles. The summed E-state index contributed by atoms with van der Waals surface area (Å²) in [5.74, 6) is 0.0775. The normalized spacial score (nSPS) is 26.1. The van der Waals surface area contributed by atoms with E-state index in [0.717, 1.165) is 12.8 Å². The van der Waals surface area contributed by atoms with Crippen molar-refractivity contribution in [2.45, 2.75) is 57.2 Å². The molecule has 2 aliphatic rings.